The summed E-state index contributed by atoms with van der Waals surface area (Å²) in [6, 6.07) is -0.716. The van der Waals surface area contributed by atoms with Crippen LogP contribution in [0.5, 0.6) is 0 Å². The van der Waals surface area contributed by atoms with E-state index in [4.69, 9.17) is 9.47 Å². The zero-order chi connectivity index (χ0) is 22.1. The van der Waals surface area contributed by atoms with Gasteiger partial charge in [0, 0.05) is 23.0 Å². The molecule has 0 unspecified atom stereocenters. The first-order valence-corrected chi connectivity index (χ1v) is 9.26. The van der Waals surface area contributed by atoms with Crippen LogP contribution in [0.3, 0.4) is 0 Å². The average Bonchev–Trinajstić information content (AvgIpc) is 2.54. The predicted octanol–water partition coefficient (Wildman–Crippen LogP) is 1.73. The average molecular weight is 399 g/mol. The van der Waals surface area contributed by atoms with E-state index in [9.17, 15) is 19.2 Å². The number of rotatable bonds is 8. The van der Waals surface area contributed by atoms with Crippen molar-refractivity contribution >= 4 is 23.8 Å². The lowest BCUT2D eigenvalue weighted by Crippen LogP contribution is -2.42. The van der Waals surface area contributed by atoms with E-state index < -0.39 is 22.8 Å². The van der Waals surface area contributed by atoms with Crippen LogP contribution in [0.4, 0.5) is 0 Å². The van der Waals surface area contributed by atoms with E-state index in [-0.39, 0.29) is 37.1 Å². The highest BCUT2D eigenvalue weighted by atomic mass is 16.5. The van der Waals surface area contributed by atoms with Gasteiger partial charge in [-0.15, -0.1) is 0 Å². The van der Waals surface area contributed by atoms with Crippen molar-refractivity contribution in [2.45, 2.75) is 67.5 Å². The number of ether oxygens (including phenoxy) is 2. The fraction of sp³-hybridized carbons (Fsp3) is 0.700. The Kier molecular flexibility index (Phi) is 9.91. The molecule has 0 aliphatic rings. The minimum absolute atomic E-state index is 0.0179. The summed E-state index contributed by atoms with van der Waals surface area (Å²) in [4.78, 5) is 46.9. The molecule has 0 heterocycles. The van der Waals surface area contributed by atoms with Crippen LogP contribution in [0.15, 0.2) is 12.2 Å². The quantitative estimate of drug-likeness (QED) is 0.476. The molecule has 0 bridgehead atoms. The molecule has 0 spiro atoms. The van der Waals surface area contributed by atoms with Gasteiger partial charge in [0.15, 0.2) is 0 Å². The third-order valence-electron chi connectivity index (χ3n) is 3.42. The van der Waals surface area contributed by atoms with Crippen LogP contribution in [0.2, 0.25) is 0 Å². The zero-order valence-electron chi connectivity index (χ0n) is 18.2. The summed E-state index contributed by atoms with van der Waals surface area (Å²) in [6.07, 6.45) is 1.91. The second-order valence-corrected chi connectivity index (χ2v) is 8.84. The van der Waals surface area contributed by atoms with Gasteiger partial charge < -0.3 is 20.1 Å². The summed E-state index contributed by atoms with van der Waals surface area (Å²) in [5.74, 6) is -1.74. The molecule has 8 nitrogen and oxygen atoms in total. The molecule has 28 heavy (non-hydrogen) atoms. The van der Waals surface area contributed by atoms with Gasteiger partial charge in [0.1, 0.15) is 13.2 Å². The van der Waals surface area contributed by atoms with Crippen molar-refractivity contribution < 1.29 is 28.7 Å². The van der Waals surface area contributed by atoms with Crippen LogP contribution in [-0.2, 0) is 28.7 Å². The van der Waals surface area contributed by atoms with Gasteiger partial charge in [0.25, 0.3) is 0 Å². The lowest BCUT2D eigenvalue weighted by Gasteiger charge is -2.21. The molecule has 2 N–H and O–H groups in total. The van der Waals surface area contributed by atoms with Crippen LogP contribution in [0.1, 0.15) is 55.4 Å². The van der Waals surface area contributed by atoms with Crippen LogP contribution in [0, 0.1) is 10.8 Å². The summed E-state index contributed by atoms with van der Waals surface area (Å²) in [5.41, 5.74) is -1.07. The number of carbonyl (C=O) groups is 4. The van der Waals surface area contributed by atoms with Crippen molar-refractivity contribution in [2.75, 3.05) is 13.2 Å². The van der Waals surface area contributed by atoms with Crippen molar-refractivity contribution in [3.8, 4) is 0 Å². The number of hydrogen-bond acceptors (Lipinski definition) is 6. The fourth-order valence-corrected chi connectivity index (χ4v) is 1.61. The Hall–Kier alpha value is -2.38. The van der Waals surface area contributed by atoms with E-state index >= 15 is 0 Å². The third-order valence-corrected chi connectivity index (χ3v) is 3.42. The minimum atomic E-state index is -0.720. The largest absolute Gasteiger partial charge is 0.460 e. The third kappa shape index (κ3) is 11.4. The second-order valence-electron chi connectivity index (χ2n) is 8.84. The molecule has 0 aliphatic carbocycles. The molecule has 0 aromatic rings. The molecule has 0 aromatic carbocycles. The molecule has 0 aliphatic heterocycles. The summed E-state index contributed by atoms with van der Waals surface area (Å²) < 4.78 is 9.96. The van der Waals surface area contributed by atoms with Gasteiger partial charge in [-0.2, -0.15) is 0 Å². The molecular formula is C20H34N2O6. The topological polar surface area (TPSA) is 111 Å². The van der Waals surface area contributed by atoms with Gasteiger partial charge in [-0.1, -0.05) is 41.5 Å². The number of carbonyl (C=O) groups excluding carboxylic acids is 4. The normalized spacial score (nSPS) is 14.1. The molecular weight excluding hydrogens is 364 g/mol. The maximum absolute atomic E-state index is 11.8. The number of esters is 2. The lowest BCUT2D eigenvalue weighted by molar-refractivity contribution is -0.142. The lowest BCUT2D eigenvalue weighted by atomic mass is 9.95. The molecule has 0 saturated carbocycles. The first-order valence-electron chi connectivity index (χ1n) is 9.26. The van der Waals surface area contributed by atoms with Gasteiger partial charge >= 0.3 is 11.9 Å². The standard InChI is InChI=1S/C20H34N2O6/c1-13(21-17(25)19(3,4)5)11-27-15(23)9-10-16(24)28-12-14(2)22-18(26)20(6,7)8/h9-10,13-14H,11-12H2,1-8H3,(H,21,25)(H,22,26)/b10-9+/t13-,14-/m1/s1. The maximum Gasteiger partial charge on any atom is 0.331 e. The van der Waals surface area contributed by atoms with Crippen molar-refractivity contribution in [1.29, 1.82) is 0 Å². The van der Waals surface area contributed by atoms with E-state index in [2.05, 4.69) is 10.6 Å². The second kappa shape index (κ2) is 10.8. The highest BCUT2D eigenvalue weighted by molar-refractivity contribution is 5.91. The highest BCUT2D eigenvalue weighted by Gasteiger charge is 2.23. The number of hydrogen-bond donors (Lipinski definition) is 2. The van der Waals surface area contributed by atoms with Crippen LogP contribution in [-0.4, -0.2) is 49.1 Å². The molecule has 2 amide bonds. The van der Waals surface area contributed by atoms with Crippen molar-refractivity contribution in [1.82, 2.24) is 10.6 Å². The minimum Gasteiger partial charge on any atom is -0.460 e. The van der Waals surface area contributed by atoms with Crippen molar-refractivity contribution in [2.24, 2.45) is 10.8 Å². The summed E-state index contributed by atoms with van der Waals surface area (Å²) >= 11 is 0. The Balaban J connectivity index is 4.22. The first-order chi connectivity index (χ1) is 12.6. The number of amides is 2. The van der Waals surface area contributed by atoms with E-state index in [0.29, 0.717) is 0 Å². The highest BCUT2D eigenvalue weighted by Crippen LogP contribution is 2.13. The zero-order valence-corrected chi connectivity index (χ0v) is 18.2. The van der Waals surface area contributed by atoms with Gasteiger partial charge in [0.2, 0.25) is 11.8 Å². The summed E-state index contributed by atoms with van der Waals surface area (Å²) in [5, 5.41) is 5.46. The van der Waals surface area contributed by atoms with E-state index in [1.54, 1.807) is 55.4 Å². The molecule has 2 atom stereocenters. The van der Waals surface area contributed by atoms with Crippen LogP contribution in [0.25, 0.3) is 0 Å². The molecule has 0 fully saturated rings. The fourth-order valence-electron chi connectivity index (χ4n) is 1.61. The Morgan fingerprint density at radius 1 is 0.714 bits per heavy atom. The smallest absolute Gasteiger partial charge is 0.331 e. The molecule has 0 aromatic heterocycles. The van der Waals surface area contributed by atoms with Gasteiger partial charge in [0.05, 0.1) is 12.1 Å². The van der Waals surface area contributed by atoms with Crippen molar-refractivity contribution in [3.05, 3.63) is 12.2 Å². The van der Waals surface area contributed by atoms with E-state index in [1.807, 2.05) is 0 Å². The molecule has 160 valence electrons. The van der Waals surface area contributed by atoms with Gasteiger partial charge in [-0.05, 0) is 13.8 Å². The molecule has 8 heteroatoms. The summed E-state index contributed by atoms with van der Waals surface area (Å²) in [6.45, 7) is 14.1. The van der Waals surface area contributed by atoms with Gasteiger partial charge in [-0.25, -0.2) is 9.59 Å². The molecule has 0 radical (unpaired) electrons. The predicted molar refractivity (Wildman–Crippen MR) is 105 cm³/mol. The SMILES string of the molecule is C[C@H](COC(=O)/C=C/C(=O)OC[C@@H](C)NC(=O)C(C)(C)C)NC(=O)C(C)(C)C. The summed E-state index contributed by atoms with van der Waals surface area (Å²) in [7, 11) is 0. The number of nitrogens with one attached hydrogen (secondary N) is 2. The van der Waals surface area contributed by atoms with Crippen LogP contribution >= 0.6 is 0 Å². The first kappa shape index (κ1) is 25.6. The Labute approximate surface area is 167 Å². The van der Waals surface area contributed by atoms with Gasteiger partial charge in [-0.3, -0.25) is 9.59 Å². The van der Waals surface area contributed by atoms with E-state index in [0.717, 1.165) is 12.2 Å². The monoisotopic (exact) mass is 398 g/mol. The van der Waals surface area contributed by atoms with Crippen LogP contribution < -0.4 is 10.6 Å². The Bertz CT molecular complexity index is 547. The maximum atomic E-state index is 11.8. The Morgan fingerprint density at radius 3 is 1.25 bits per heavy atom. The molecule has 0 saturated heterocycles. The van der Waals surface area contributed by atoms with E-state index in [1.165, 1.54) is 0 Å². The molecule has 0 rings (SSSR count). The Morgan fingerprint density at radius 2 is 1.00 bits per heavy atom. The van der Waals surface area contributed by atoms with Crippen molar-refractivity contribution in [3.63, 3.8) is 0 Å².